The highest BCUT2D eigenvalue weighted by molar-refractivity contribution is 5.80. The van der Waals surface area contributed by atoms with Crippen LogP contribution < -0.4 is 5.32 Å². The second kappa shape index (κ2) is 8.07. The van der Waals surface area contributed by atoms with Gasteiger partial charge in [0.2, 0.25) is 11.9 Å². The summed E-state index contributed by atoms with van der Waals surface area (Å²) in [5.41, 5.74) is 3.12. The molecule has 1 aliphatic heterocycles. The van der Waals surface area contributed by atoms with Crippen LogP contribution in [0.5, 0.6) is 0 Å². The van der Waals surface area contributed by atoms with Gasteiger partial charge in [-0.2, -0.15) is 0 Å². The average Bonchev–Trinajstić information content (AvgIpc) is 2.60. The first-order chi connectivity index (χ1) is 12.1. The van der Waals surface area contributed by atoms with Crippen LogP contribution in [0.2, 0.25) is 0 Å². The van der Waals surface area contributed by atoms with Gasteiger partial charge in [-0.1, -0.05) is 30.3 Å². The van der Waals surface area contributed by atoms with E-state index in [0.717, 1.165) is 44.1 Å². The van der Waals surface area contributed by atoms with Crippen molar-refractivity contribution in [3.8, 4) is 0 Å². The number of piperazine rings is 1. The molecule has 0 bridgehead atoms. The molecule has 0 spiro atoms. The fourth-order valence-corrected chi connectivity index (χ4v) is 3.07. The van der Waals surface area contributed by atoms with E-state index >= 15 is 0 Å². The predicted molar refractivity (Wildman–Crippen MR) is 98.3 cm³/mol. The Morgan fingerprint density at radius 3 is 2.32 bits per heavy atom. The molecule has 1 aromatic heterocycles. The molecule has 0 radical (unpaired) electrons. The van der Waals surface area contributed by atoms with Crippen LogP contribution in [0.1, 0.15) is 17.0 Å². The zero-order valence-corrected chi connectivity index (χ0v) is 14.9. The Labute approximate surface area is 148 Å². The van der Waals surface area contributed by atoms with Crippen LogP contribution >= 0.6 is 0 Å². The number of carbonyl (C=O) groups excluding carboxylic acids is 1. The van der Waals surface area contributed by atoms with E-state index in [1.807, 2.05) is 30.9 Å². The highest BCUT2D eigenvalue weighted by atomic mass is 16.2. The maximum absolute atomic E-state index is 12.4. The lowest BCUT2D eigenvalue weighted by atomic mass is 10.2. The molecule has 1 saturated heterocycles. The molecule has 6 nitrogen and oxygen atoms in total. The molecule has 6 heteroatoms. The molecule has 2 aromatic rings. The van der Waals surface area contributed by atoms with E-state index in [4.69, 9.17) is 0 Å². The van der Waals surface area contributed by atoms with Gasteiger partial charge in [0.1, 0.15) is 0 Å². The van der Waals surface area contributed by atoms with E-state index in [0.29, 0.717) is 5.95 Å². The van der Waals surface area contributed by atoms with Gasteiger partial charge < -0.3 is 10.2 Å². The zero-order chi connectivity index (χ0) is 17.6. The zero-order valence-electron chi connectivity index (χ0n) is 14.9. The summed E-state index contributed by atoms with van der Waals surface area (Å²) in [7, 11) is 0. The maximum Gasteiger partial charge on any atom is 0.242 e. The highest BCUT2D eigenvalue weighted by Crippen LogP contribution is 2.09. The summed E-state index contributed by atoms with van der Waals surface area (Å²) < 4.78 is 0. The number of carbonyl (C=O) groups is 1. The van der Waals surface area contributed by atoms with E-state index in [1.54, 1.807) is 0 Å². The molecule has 1 amide bonds. The molecular formula is C19H25N5O. The minimum absolute atomic E-state index is 0.0992. The summed E-state index contributed by atoms with van der Waals surface area (Å²) in [5.74, 6) is 0.621. The fourth-order valence-electron chi connectivity index (χ4n) is 3.07. The third-order valence-electron chi connectivity index (χ3n) is 4.35. The third-order valence-corrected chi connectivity index (χ3v) is 4.35. The minimum Gasteiger partial charge on any atom is -0.345 e. The Kier molecular flexibility index (Phi) is 5.60. The van der Waals surface area contributed by atoms with Gasteiger partial charge in [-0.25, -0.2) is 9.97 Å². The van der Waals surface area contributed by atoms with Gasteiger partial charge >= 0.3 is 0 Å². The van der Waals surface area contributed by atoms with Crippen LogP contribution in [-0.4, -0.2) is 58.4 Å². The van der Waals surface area contributed by atoms with Crippen molar-refractivity contribution in [2.75, 3.05) is 38.0 Å². The molecule has 1 fully saturated rings. The third kappa shape index (κ3) is 5.00. The predicted octanol–water partition coefficient (Wildman–Crippen LogP) is 1.85. The molecule has 1 aliphatic rings. The van der Waals surface area contributed by atoms with Crippen molar-refractivity contribution < 1.29 is 4.79 Å². The van der Waals surface area contributed by atoms with E-state index in [2.05, 4.69) is 44.5 Å². The van der Waals surface area contributed by atoms with E-state index in [9.17, 15) is 4.79 Å². The normalized spacial score (nSPS) is 15.2. The van der Waals surface area contributed by atoms with E-state index in [1.165, 1.54) is 5.56 Å². The second-order valence-electron chi connectivity index (χ2n) is 6.47. The van der Waals surface area contributed by atoms with Crippen molar-refractivity contribution in [2.24, 2.45) is 0 Å². The number of aromatic nitrogens is 2. The molecule has 132 valence electrons. The number of nitrogens with zero attached hydrogens (tertiary/aromatic N) is 4. The number of aryl methyl sites for hydroxylation is 2. The fraction of sp³-hybridized carbons (Fsp3) is 0.421. The standard InChI is InChI=1S/C19H25N5O/c1-15-12-16(2)22-19(21-15)20-13-18(25)24-10-8-23(9-11-24)14-17-6-4-3-5-7-17/h3-7,12H,8-11,13-14H2,1-2H3,(H,20,21,22). The van der Waals surface area contributed by atoms with E-state index in [-0.39, 0.29) is 12.5 Å². The van der Waals surface area contributed by atoms with Crippen molar-refractivity contribution in [3.63, 3.8) is 0 Å². The lowest BCUT2D eigenvalue weighted by molar-refractivity contribution is -0.131. The van der Waals surface area contributed by atoms with Crippen LogP contribution in [-0.2, 0) is 11.3 Å². The van der Waals surface area contributed by atoms with Gasteiger partial charge in [-0.15, -0.1) is 0 Å². The quantitative estimate of drug-likeness (QED) is 0.901. The van der Waals surface area contributed by atoms with Gasteiger partial charge in [0.15, 0.2) is 0 Å². The number of rotatable bonds is 5. The van der Waals surface area contributed by atoms with Crippen molar-refractivity contribution in [2.45, 2.75) is 20.4 Å². The monoisotopic (exact) mass is 339 g/mol. The van der Waals surface area contributed by atoms with Gasteiger partial charge in [0.25, 0.3) is 0 Å². The summed E-state index contributed by atoms with van der Waals surface area (Å²) in [6.45, 7) is 8.36. The first-order valence-electron chi connectivity index (χ1n) is 8.70. The minimum atomic E-state index is 0.0992. The van der Waals surface area contributed by atoms with Crippen LogP contribution in [0, 0.1) is 13.8 Å². The van der Waals surface area contributed by atoms with Crippen LogP contribution in [0.15, 0.2) is 36.4 Å². The molecule has 0 atom stereocenters. The molecule has 0 unspecified atom stereocenters. The highest BCUT2D eigenvalue weighted by Gasteiger charge is 2.21. The Bertz CT molecular complexity index is 691. The Morgan fingerprint density at radius 1 is 1.04 bits per heavy atom. The smallest absolute Gasteiger partial charge is 0.242 e. The molecule has 2 heterocycles. The molecule has 1 N–H and O–H groups in total. The van der Waals surface area contributed by atoms with Crippen molar-refractivity contribution in [3.05, 3.63) is 53.3 Å². The van der Waals surface area contributed by atoms with Crippen LogP contribution in [0.3, 0.4) is 0 Å². The topological polar surface area (TPSA) is 61.4 Å². The van der Waals surface area contributed by atoms with Gasteiger partial charge in [-0.3, -0.25) is 9.69 Å². The number of nitrogens with one attached hydrogen (secondary N) is 1. The average molecular weight is 339 g/mol. The Morgan fingerprint density at radius 2 is 1.68 bits per heavy atom. The Balaban J connectivity index is 1.45. The van der Waals surface area contributed by atoms with E-state index < -0.39 is 0 Å². The summed E-state index contributed by atoms with van der Waals surface area (Å²) >= 11 is 0. The lowest BCUT2D eigenvalue weighted by Crippen LogP contribution is -2.49. The number of anilines is 1. The van der Waals surface area contributed by atoms with Gasteiger partial charge in [0.05, 0.1) is 6.54 Å². The van der Waals surface area contributed by atoms with Crippen molar-refractivity contribution in [1.82, 2.24) is 19.8 Å². The lowest BCUT2D eigenvalue weighted by Gasteiger charge is -2.34. The van der Waals surface area contributed by atoms with Gasteiger partial charge in [0, 0.05) is 44.1 Å². The van der Waals surface area contributed by atoms with Crippen molar-refractivity contribution in [1.29, 1.82) is 0 Å². The largest absolute Gasteiger partial charge is 0.345 e. The molecular weight excluding hydrogens is 314 g/mol. The Hall–Kier alpha value is -2.47. The number of hydrogen-bond donors (Lipinski definition) is 1. The SMILES string of the molecule is Cc1cc(C)nc(NCC(=O)N2CCN(Cc3ccccc3)CC2)n1. The van der Waals surface area contributed by atoms with Crippen LogP contribution in [0.25, 0.3) is 0 Å². The van der Waals surface area contributed by atoms with Gasteiger partial charge in [-0.05, 0) is 25.5 Å². The summed E-state index contributed by atoms with van der Waals surface area (Å²) in [5, 5.41) is 3.05. The summed E-state index contributed by atoms with van der Waals surface area (Å²) in [6, 6.07) is 12.4. The molecule has 3 rings (SSSR count). The number of amides is 1. The van der Waals surface area contributed by atoms with Crippen LogP contribution in [0.4, 0.5) is 5.95 Å². The first kappa shape index (κ1) is 17.4. The molecule has 0 aliphatic carbocycles. The first-order valence-corrected chi connectivity index (χ1v) is 8.70. The summed E-state index contributed by atoms with van der Waals surface area (Å²) in [6.07, 6.45) is 0. The molecule has 25 heavy (non-hydrogen) atoms. The second-order valence-corrected chi connectivity index (χ2v) is 6.47. The maximum atomic E-state index is 12.4. The molecule has 0 saturated carbocycles. The number of benzene rings is 1. The summed E-state index contributed by atoms with van der Waals surface area (Å²) in [4.78, 5) is 25.3. The van der Waals surface area contributed by atoms with Crippen molar-refractivity contribution >= 4 is 11.9 Å². The number of hydrogen-bond acceptors (Lipinski definition) is 5. The molecule has 1 aromatic carbocycles.